The number of hydrogen-bond acceptors (Lipinski definition) is 2. The summed E-state index contributed by atoms with van der Waals surface area (Å²) in [5.74, 6) is 0. The van der Waals surface area contributed by atoms with Gasteiger partial charge in [0.05, 0.1) is 12.4 Å². The lowest BCUT2D eigenvalue weighted by Gasteiger charge is -2.25. The van der Waals surface area contributed by atoms with Crippen molar-refractivity contribution in [3.63, 3.8) is 0 Å². The summed E-state index contributed by atoms with van der Waals surface area (Å²) in [6.45, 7) is 1.54. The number of rotatable bonds is 4. The van der Waals surface area contributed by atoms with Gasteiger partial charge in [0.1, 0.15) is 0 Å². The Labute approximate surface area is 93.9 Å². The molecular weight excluding hydrogens is 212 g/mol. The van der Waals surface area contributed by atoms with Gasteiger partial charge in [-0.3, -0.25) is 0 Å². The SMILES string of the molecule is CC(NC1CCCC1n1ccnc1)C(F)F. The molecule has 1 aromatic heterocycles. The van der Waals surface area contributed by atoms with Crippen molar-refractivity contribution in [1.82, 2.24) is 14.9 Å². The lowest BCUT2D eigenvalue weighted by Crippen LogP contribution is -2.42. The summed E-state index contributed by atoms with van der Waals surface area (Å²) in [4.78, 5) is 4.00. The molecule has 16 heavy (non-hydrogen) atoms. The Balaban J connectivity index is 1.99. The predicted molar refractivity (Wildman–Crippen MR) is 57.5 cm³/mol. The van der Waals surface area contributed by atoms with E-state index in [0.717, 1.165) is 19.3 Å². The van der Waals surface area contributed by atoms with Crippen LogP contribution >= 0.6 is 0 Å². The van der Waals surface area contributed by atoms with Gasteiger partial charge in [0.25, 0.3) is 6.43 Å². The molecule has 1 aliphatic rings. The molecule has 1 fully saturated rings. The molecule has 0 radical (unpaired) electrons. The molecule has 0 aromatic carbocycles. The smallest absolute Gasteiger partial charge is 0.253 e. The van der Waals surface area contributed by atoms with Crippen LogP contribution < -0.4 is 5.32 Å². The largest absolute Gasteiger partial charge is 0.333 e. The zero-order valence-electron chi connectivity index (χ0n) is 9.31. The molecule has 1 aromatic rings. The molecule has 3 atom stereocenters. The minimum absolute atomic E-state index is 0.137. The van der Waals surface area contributed by atoms with Crippen LogP contribution in [0.3, 0.4) is 0 Å². The molecule has 0 amide bonds. The number of imidazole rings is 1. The summed E-state index contributed by atoms with van der Waals surface area (Å²) >= 11 is 0. The predicted octanol–water partition coefficient (Wildman–Crippen LogP) is 2.22. The van der Waals surface area contributed by atoms with E-state index in [1.807, 2.05) is 10.8 Å². The van der Waals surface area contributed by atoms with E-state index in [4.69, 9.17) is 0 Å². The van der Waals surface area contributed by atoms with E-state index in [2.05, 4.69) is 10.3 Å². The van der Waals surface area contributed by atoms with Gasteiger partial charge < -0.3 is 9.88 Å². The Hall–Kier alpha value is -0.970. The molecule has 5 heteroatoms. The second-order valence-corrected chi connectivity index (χ2v) is 4.40. The molecule has 0 bridgehead atoms. The topological polar surface area (TPSA) is 29.9 Å². The fourth-order valence-corrected chi connectivity index (χ4v) is 2.37. The molecule has 90 valence electrons. The van der Waals surface area contributed by atoms with Gasteiger partial charge in [-0.25, -0.2) is 13.8 Å². The quantitative estimate of drug-likeness (QED) is 0.858. The van der Waals surface area contributed by atoms with Crippen LogP contribution in [0.5, 0.6) is 0 Å². The average molecular weight is 229 g/mol. The molecule has 1 heterocycles. The van der Waals surface area contributed by atoms with Gasteiger partial charge in [-0.2, -0.15) is 0 Å². The molecule has 1 N–H and O–H groups in total. The zero-order chi connectivity index (χ0) is 11.5. The van der Waals surface area contributed by atoms with Crippen LogP contribution in [0.1, 0.15) is 32.2 Å². The van der Waals surface area contributed by atoms with Crippen LogP contribution in [0.4, 0.5) is 8.78 Å². The van der Waals surface area contributed by atoms with E-state index >= 15 is 0 Å². The Bertz CT molecular complexity index is 313. The van der Waals surface area contributed by atoms with Crippen molar-refractivity contribution in [3.8, 4) is 0 Å². The number of aromatic nitrogens is 2. The fourth-order valence-electron chi connectivity index (χ4n) is 2.37. The summed E-state index contributed by atoms with van der Waals surface area (Å²) in [6.07, 6.45) is 6.16. The van der Waals surface area contributed by atoms with E-state index in [0.29, 0.717) is 0 Å². The van der Waals surface area contributed by atoms with Crippen LogP contribution in [-0.2, 0) is 0 Å². The number of hydrogen-bond donors (Lipinski definition) is 1. The molecule has 1 aliphatic carbocycles. The first-order chi connectivity index (χ1) is 7.68. The van der Waals surface area contributed by atoms with Gasteiger partial charge in [0.15, 0.2) is 0 Å². The molecule has 0 aliphatic heterocycles. The molecule has 0 saturated heterocycles. The summed E-state index contributed by atoms with van der Waals surface area (Å²) in [5.41, 5.74) is 0. The maximum atomic E-state index is 12.5. The van der Waals surface area contributed by atoms with Gasteiger partial charge in [-0.1, -0.05) is 0 Å². The number of halogens is 2. The number of alkyl halides is 2. The van der Waals surface area contributed by atoms with Gasteiger partial charge in [-0.15, -0.1) is 0 Å². The summed E-state index contributed by atoms with van der Waals surface area (Å²) in [5, 5.41) is 3.02. The Morgan fingerprint density at radius 3 is 2.88 bits per heavy atom. The summed E-state index contributed by atoms with van der Waals surface area (Å²) in [7, 11) is 0. The summed E-state index contributed by atoms with van der Waals surface area (Å²) < 4.78 is 27.0. The Kier molecular flexibility index (Phi) is 3.53. The third kappa shape index (κ3) is 2.40. The molecule has 0 spiro atoms. The van der Waals surface area contributed by atoms with Crippen molar-refractivity contribution in [3.05, 3.63) is 18.7 Å². The highest BCUT2D eigenvalue weighted by atomic mass is 19.3. The Morgan fingerprint density at radius 2 is 2.25 bits per heavy atom. The van der Waals surface area contributed by atoms with E-state index in [9.17, 15) is 8.78 Å². The highest BCUT2D eigenvalue weighted by Crippen LogP contribution is 2.30. The molecule has 3 unspecified atom stereocenters. The first-order valence-corrected chi connectivity index (χ1v) is 5.70. The van der Waals surface area contributed by atoms with E-state index in [-0.39, 0.29) is 12.1 Å². The van der Waals surface area contributed by atoms with Crippen LogP contribution in [0.25, 0.3) is 0 Å². The first-order valence-electron chi connectivity index (χ1n) is 5.70. The molecule has 3 nitrogen and oxygen atoms in total. The molecule has 1 saturated carbocycles. The van der Waals surface area contributed by atoms with Crippen molar-refractivity contribution in [1.29, 1.82) is 0 Å². The lowest BCUT2D eigenvalue weighted by molar-refractivity contribution is 0.0969. The summed E-state index contributed by atoms with van der Waals surface area (Å²) in [6, 6.07) is -0.337. The van der Waals surface area contributed by atoms with Crippen LogP contribution in [0.2, 0.25) is 0 Å². The monoisotopic (exact) mass is 229 g/mol. The highest BCUT2D eigenvalue weighted by molar-refractivity contribution is 4.92. The van der Waals surface area contributed by atoms with Gasteiger partial charge in [-0.05, 0) is 26.2 Å². The van der Waals surface area contributed by atoms with Gasteiger partial charge in [0.2, 0.25) is 0 Å². The van der Waals surface area contributed by atoms with Crippen LogP contribution in [0, 0.1) is 0 Å². The second kappa shape index (κ2) is 4.91. The average Bonchev–Trinajstić information content (AvgIpc) is 2.85. The normalized spacial score (nSPS) is 27.5. The fraction of sp³-hybridized carbons (Fsp3) is 0.727. The van der Waals surface area contributed by atoms with E-state index in [1.54, 1.807) is 12.5 Å². The third-order valence-corrected chi connectivity index (χ3v) is 3.24. The molecular formula is C11H17F2N3. The Morgan fingerprint density at radius 1 is 1.44 bits per heavy atom. The highest BCUT2D eigenvalue weighted by Gasteiger charge is 2.30. The first kappa shape index (κ1) is 11.5. The standard InChI is InChI=1S/C11H17F2N3/c1-8(11(12)13)15-9-3-2-4-10(9)16-6-5-14-7-16/h5-11,15H,2-4H2,1H3. The van der Waals surface area contributed by atoms with E-state index < -0.39 is 12.5 Å². The van der Waals surface area contributed by atoms with Crippen molar-refractivity contribution in [2.45, 2.75) is 50.7 Å². The van der Waals surface area contributed by atoms with Crippen molar-refractivity contribution >= 4 is 0 Å². The number of nitrogens with zero attached hydrogens (tertiary/aromatic N) is 2. The third-order valence-electron chi connectivity index (χ3n) is 3.24. The van der Waals surface area contributed by atoms with Gasteiger partial charge in [0, 0.05) is 24.5 Å². The van der Waals surface area contributed by atoms with Crippen molar-refractivity contribution < 1.29 is 8.78 Å². The van der Waals surface area contributed by atoms with E-state index in [1.165, 1.54) is 6.92 Å². The lowest BCUT2D eigenvalue weighted by atomic mass is 10.1. The second-order valence-electron chi connectivity index (χ2n) is 4.40. The zero-order valence-corrected chi connectivity index (χ0v) is 9.31. The number of nitrogens with one attached hydrogen (secondary N) is 1. The minimum Gasteiger partial charge on any atom is -0.333 e. The molecule has 2 rings (SSSR count). The van der Waals surface area contributed by atoms with Crippen molar-refractivity contribution in [2.75, 3.05) is 0 Å². The maximum absolute atomic E-state index is 12.5. The van der Waals surface area contributed by atoms with Crippen LogP contribution in [-0.4, -0.2) is 28.1 Å². The maximum Gasteiger partial charge on any atom is 0.253 e. The minimum atomic E-state index is -2.30. The van der Waals surface area contributed by atoms with Crippen LogP contribution in [0.15, 0.2) is 18.7 Å². The van der Waals surface area contributed by atoms with Gasteiger partial charge >= 0.3 is 0 Å². The van der Waals surface area contributed by atoms with Crippen molar-refractivity contribution in [2.24, 2.45) is 0 Å².